The van der Waals surface area contributed by atoms with Gasteiger partial charge in [-0.2, -0.15) is 5.10 Å². The Morgan fingerprint density at radius 3 is 2.48 bits per heavy atom. The van der Waals surface area contributed by atoms with Crippen LogP contribution in [0, 0.1) is 7.14 Å². The number of halogens is 2. The maximum Gasteiger partial charge on any atom is 0.271 e. The second-order valence-electron chi connectivity index (χ2n) is 5.41. The van der Waals surface area contributed by atoms with Gasteiger partial charge in [0.1, 0.15) is 11.5 Å². The first-order valence-corrected chi connectivity index (χ1v) is 9.69. The van der Waals surface area contributed by atoms with Gasteiger partial charge >= 0.3 is 0 Å². The van der Waals surface area contributed by atoms with E-state index in [1.807, 2.05) is 26.0 Å². The smallest absolute Gasteiger partial charge is 0.271 e. The Labute approximate surface area is 174 Å². The van der Waals surface area contributed by atoms with Crippen LogP contribution in [0.3, 0.4) is 0 Å². The number of amides is 1. The summed E-state index contributed by atoms with van der Waals surface area (Å²) in [4.78, 5) is 12.1. The summed E-state index contributed by atoms with van der Waals surface area (Å²) >= 11 is 4.47. The van der Waals surface area contributed by atoms with Crippen LogP contribution in [0.25, 0.3) is 0 Å². The number of carbonyl (C=O) groups excluding carboxylic acids is 1. The number of hydrogen-bond acceptors (Lipinski definition) is 4. The minimum absolute atomic E-state index is 0.115. The van der Waals surface area contributed by atoms with Gasteiger partial charge in [0, 0.05) is 5.56 Å². The number of benzene rings is 2. The predicted octanol–water partition coefficient (Wildman–Crippen LogP) is 4.46. The Bertz CT molecular complexity index is 769. The molecular weight excluding hydrogens is 546 g/mol. The van der Waals surface area contributed by atoms with Crippen LogP contribution >= 0.6 is 45.2 Å². The normalized spacial score (nSPS) is 11.0. The summed E-state index contributed by atoms with van der Waals surface area (Å²) in [6, 6.07) is 10.8. The SMILES string of the molecule is COc1cccc(C(=O)N/N=C/c2cc(I)c(OC(C)C)c(I)c2)c1. The van der Waals surface area contributed by atoms with Crippen molar-refractivity contribution in [1.82, 2.24) is 5.43 Å². The molecule has 2 rings (SSSR count). The Morgan fingerprint density at radius 1 is 1.20 bits per heavy atom. The van der Waals surface area contributed by atoms with Gasteiger partial charge in [-0.15, -0.1) is 0 Å². The monoisotopic (exact) mass is 564 g/mol. The predicted molar refractivity (Wildman–Crippen MR) is 116 cm³/mol. The minimum Gasteiger partial charge on any atom is -0.497 e. The summed E-state index contributed by atoms with van der Waals surface area (Å²) < 4.78 is 12.9. The fourth-order valence-electron chi connectivity index (χ4n) is 2.00. The molecule has 0 fully saturated rings. The van der Waals surface area contributed by atoms with Gasteiger partial charge in [-0.05, 0) is 94.9 Å². The molecule has 0 saturated carbocycles. The van der Waals surface area contributed by atoms with Gasteiger partial charge < -0.3 is 9.47 Å². The van der Waals surface area contributed by atoms with Crippen molar-refractivity contribution >= 4 is 57.3 Å². The number of nitrogens with one attached hydrogen (secondary N) is 1. The van der Waals surface area contributed by atoms with Gasteiger partial charge in [0.15, 0.2) is 0 Å². The molecular formula is C18H18I2N2O3. The van der Waals surface area contributed by atoms with Crippen molar-refractivity contribution in [2.45, 2.75) is 20.0 Å². The zero-order valence-corrected chi connectivity index (χ0v) is 18.4. The molecule has 0 atom stereocenters. The maximum absolute atomic E-state index is 12.1. The quantitative estimate of drug-likeness (QED) is 0.321. The summed E-state index contributed by atoms with van der Waals surface area (Å²) in [6.45, 7) is 3.99. The summed E-state index contributed by atoms with van der Waals surface area (Å²) in [6.07, 6.45) is 1.73. The zero-order chi connectivity index (χ0) is 18.4. The number of rotatable bonds is 6. The molecule has 2 aromatic rings. The molecule has 132 valence electrons. The lowest BCUT2D eigenvalue weighted by molar-refractivity contribution is 0.0955. The van der Waals surface area contributed by atoms with Crippen LogP contribution in [0.15, 0.2) is 41.5 Å². The number of methoxy groups -OCH3 is 1. The highest BCUT2D eigenvalue weighted by molar-refractivity contribution is 14.1. The van der Waals surface area contributed by atoms with Crippen molar-refractivity contribution in [3.63, 3.8) is 0 Å². The van der Waals surface area contributed by atoms with Gasteiger partial charge in [0.2, 0.25) is 0 Å². The second-order valence-corrected chi connectivity index (χ2v) is 7.74. The second kappa shape index (κ2) is 9.37. The number of ether oxygens (including phenoxy) is 2. The highest BCUT2D eigenvalue weighted by Gasteiger charge is 2.10. The maximum atomic E-state index is 12.1. The van der Waals surface area contributed by atoms with Gasteiger partial charge in [0.25, 0.3) is 5.91 Å². The van der Waals surface area contributed by atoms with E-state index >= 15 is 0 Å². The number of hydrazone groups is 1. The van der Waals surface area contributed by atoms with Crippen LogP contribution in [0.1, 0.15) is 29.8 Å². The van der Waals surface area contributed by atoms with E-state index in [0.29, 0.717) is 11.3 Å². The number of nitrogens with zero attached hydrogens (tertiary/aromatic N) is 1. The third-order valence-corrected chi connectivity index (χ3v) is 4.69. The number of hydrogen-bond donors (Lipinski definition) is 1. The van der Waals surface area contributed by atoms with Crippen LogP contribution in [-0.4, -0.2) is 25.3 Å². The van der Waals surface area contributed by atoms with E-state index in [2.05, 4.69) is 55.7 Å². The topological polar surface area (TPSA) is 59.9 Å². The largest absolute Gasteiger partial charge is 0.497 e. The molecule has 1 amide bonds. The molecule has 7 heteroatoms. The fourth-order valence-corrected chi connectivity index (χ4v) is 4.07. The van der Waals surface area contributed by atoms with Gasteiger partial charge in [0.05, 0.1) is 26.6 Å². The molecule has 25 heavy (non-hydrogen) atoms. The van der Waals surface area contributed by atoms with E-state index in [1.54, 1.807) is 37.6 Å². The Hall–Kier alpha value is -1.36. The number of carbonyl (C=O) groups is 1. The zero-order valence-electron chi connectivity index (χ0n) is 14.0. The highest BCUT2D eigenvalue weighted by atomic mass is 127. The van der Waals surface area contributed by atoms with Crippen molar-refractivity contribution in [3.05, 3.63) is 54.7 Å². The van der Waals surface area contributed by atoms with Crippen LogP contribution in [0.2, 0.25) is 0 Å². The Kier molecular flexibility index (Phi) is 7.48. The molecule has 5 nitrogen and oxygen atoms in total. The lowest BCUT2D eigenvalue weighted by Gasteiger charge is -2.14. The first-order chi connectivity index (χ1) is 11.9. The summed E-state index contributed by atoms with van der Waals surface area (Å²) in [5.41, 5.74) is 3.90. The van der Waals surface area contributed by atoms with E-state index in [1.165, 1.54) is 0 Å². The van der Waals surface area contributed by atoms with E-state index in [-0.39, 0.29) is 12.0 Å². The van der Waals surface area contributed by atoms with Crippen LogP contribution in [0.4, 0.5) is 0 Å². The Morgan fingerprint density at radius 2 is 1.88 bits per heavy atom. The van der Waals surface area contributed by atoms with Crippen molar-refractivity contribution in [1.29, 1.82) is 0 Å². The molecule has 0 unspecified atom stereocenters. The Balaban J connectivity index is 2.07. The molecule has 0 aliphatic heterocycles. The minimum atomic E-state index is -0.292. The summed E-state index contributed by atoms with van der Waals surface area (Å²) in [5, 5.41) is 4.03. The summed E-state index contributed by atoms with van der Waals surface area (Å²) in [7, 11) is 1.56. The van der Waals surface area contributed by atoms with E-state index in [0.717, 1.165) is 18.5 Å². The molecule has 0 aliphatic carbocycles. The van der Waals surface area contributed by atoms with E-state index < -0.39 is 0 Å². The van der Waals surface area contributed by atoms with Crippen LogP contribution in [0.5, 0.6) is 11.5 Å². The molecule has 0 aromatic heterocycles. The highest BCUT2D eigenvalue weighted by Crippen LogP contribution is 2.29. The lowest BCUT2D eigenvalue weighted by atomic mass is 10.2. The average Bonchev–Trinajstić information content (AvgIpc) is 2.58. The standard InChI is InChI=1S/C18H18I2N2O3/c1-11(2)25-17-15(19)7-12(8-16(17)20)10-21-22-18(23)13-5-4-6-14(9-13)24-3/h4-11H,1-3H3,(H,22,23)/b21-10+. The molecule has 2 aromatic carbocycles. The molecule has 0 spiro atoms. The third-order valence-electron chi connectivity index (χ3n) is 3.09. The first-order valence-electron chi connectivity index (χ1n) is 7.54. The molecule has 0 heterocycles. The van der Waals surface area contributed by atoms with Crippen LogP contribution < -0.4 is 14.9 Å². The van der Waals surface area contributed by atoms with E-state index in [9.17, 15) is 4.79 Å². The van der Waals surface area contributed by atoms with Gasteiger partial charge in [-0.3, -0.25) is 4.79 Å². The average molecular weight is 564 g/mol. The molecule has 0 aliphatic rings. The van der Waals surface area contributed by atoms with Crippen LogP contribution in [-0.2, 0) is 0 Å². The molecule has 0 radical (unpaired) electrons. The van der Waals surface area contributed by atoms with Crippen molar-refractivity contribution in [2.24, 2.45) is 5.10 Å². The van der Waals surface area contributed by atoms with Crippen molar-refractivity contribution in [2.75, 3.05) is 7.11 Å². The molecule has 0 bridgehead atoms. The molecule has 0 saturated heterocycles. The fraction of sp³-hybridized carbons (Fsp3) is 0.222. The summed E-state index contributed by atoms with van der Waals surface area (Å²) in [5.74, 6) is 1.20. The van der Waals surface area contributed by atoms with Gasteiger partial charge in [-0.25, -0.2) is 5.43 Å². The van der Waals surface area contributed by atoms with Crippen molar-refractivity contribution < 1.29 is 14.3 Å². The van der Waals surface area contributed by atoms with E-state index in [4.69, 9.17) is 9.47 Å². The molecule has 1 N–H and O–H groups in total. The lowest BCUT2D eigenvalue weighted by Crippen LogP contribution is -2.17. The third kappa shape index (κ3) is 5.84. The first kappa shape index (κ1) is 20.0. The van der Waals surface area contributed by atoms with Gasteiger partial charge in [-0.1, -0.05) is 6.07 Å². The van der Waals surface area contributed by atoms with Crippen molar-refractivity contribution in [3.8, 4) is 11.5 Å².